The summed E-state index contributed by atoms with van der Waals surface area (Å²) >= 11 is 1.32. The van der Waals surface area contributed by atoms with Gasteiger partial charge in [0.2, 0.25) is 11.1 Å². The van der Waals surface area contributed by atoms with Gasteiger partial charge in [-0.15, -0.1) is 5.10 Å². The summed E-state index contributed by atoms with van der Waals surface area (Å²) in [5, 5.41) is 5.26. The molecule has 5 rings (SSSR count). The molecule has 1 amide bonds. The highest BCUT2D eigenvalue weighted by molar-refractivity contribution is 7.99. The van der Waals surface area contributed by atoms with E-state index in [4.69, 9.17) is 4.98 Å². The molecule has 0 radical (unpaired) electrons. The molecule has 1 aromatic heterocycles. The zero-order valence-electron chi connectivity index (χ0n) is 18.2. The zero-order valence-corrected chi connectivity index (χ0v) is 19.8. The van der Waals surface area contributed by atoms with Gasteiger partial charge in [-0.3, -0.25) is 4.79 Å². The average molecular weight is 483 g/mol. The first-order valence-electron chi connectivity index (χ1n) is 11.2. The van der Waals surface area contributed by atoms with Gasteiger partial charge in [0, 0.05) is 18.5 Å². The van der Waals surface area contributed by atoms with Crippen LogP contribution in [0.25, 0.3) is 5.69 Å². The second kappa shape index (κ2) is 9.30. The van der Waals surface area contributed by atoms with Gasteiger partial charge in [-0.2, -0.15) is 0 Å². The van der Waals surface area contributed by atoms with Crippen molar-refractivity contribution >= 4 is 27.5 Å². The third-order valence-electron chi connectivity index (χ3n) is 6.05. The lowest BCUT2D eigenvalue weighted by Gasteiger charge is -2.28. The van der Waals surface area contributed by atoms with Gasteiger partial charge in [-0.25, -0.2) is 18.1 Å². The third-order valence-corrected chi connectivity index (χ3v) is 8.62. The van der Waals surface area contributed by atoms with Crippen molar-refractivity contribution in [3.8, 4) is 5.69 Å². The molecule has 1 saturated heterocycles. The number of carbonyl (C=O) groups is 1. The quantitative estimate of drug-likeness (QED) is 0.457. The highest BCUT2D eigenvalue weighted by Crippen LogP contribution is 2.40. The van der Waals surface area contributed by atoms with Gasteiger partial charge < -0.3 is 4.90 Å². The number of hydrogen-bond donors (Lipinski definition) is 0. The first-order chi connectivity index (χ1) is 16.0. The maximum atomic E-state index is 13.3. The third kappa shape index (κ3) is 5.30. The summed E-state index contributed by atoms with van der Waals surface area (Å²) < 4.78 is 26.0. The van der Waals surface area contributed by atoms with Crippen molar-refractivity contribution in [2.24, 2.45) is 0 Å². The Balaban J connectivity index is 1.32. The highest BCUT2D eigenvalue weighted by atomic mass is 32.2. The van der Waals surface area contributed by atoms with Crippen molar-refractivity contribution in [1.82, 2.24) is 19.7 Å². The van der Waals surface area contributed by atoms with Crippen molar-refractivity contribution in [3.05, 3.63) is 72.1 Å². The van der Waals surface area contributed by atoms with E-state index >= 15 is 0 Å². The molecule has 0 N–H and O–H groups in total. The van der Waals surface area contributed by atoms with Gasteiger partial charge in [0.25, 0.3) is 0 Å². The fourth-order valence-electron chi connectivity index (χ4n) is 4.16. The highest BCUT2D eigenvalue weighted by Gasteiger charge is 2.35. The molecule has 2 heterocycles. The number of nitrogens with zero attached hydrogens (tertiary/aromatic N) is 4. The first kappa shape index (κ1) is 22.2. The lowest BCUT2D eigenvalue weighted by atomic mass is 10.1. The molecule has 1 saturated carbocycles. The molecule has 2 fully saturated rings. The number of sulfone groups is 1. The molecule has 9 heteroatoms. The number of hydrogen-bond acceptors (Lipinski definition) is 6. The van der Waals surface area contributed by atoms with Gasteiger partial charge in [-0.1, -0.05) is 60.3 Å². The first-order valence-corrected chi connectivity index (χ1v) is 14.0. The normalized spacial score (nSPS) is 19.5. The molecule has 1 aliphatic heterocycles. The Morgan fingerprint density at radius 2 is 1.73 bits per heavy atom. The van der Waals surface area contributed by atoms with E-state index in [9.17, 15) is 13.2 Å². The molecule has 2 aliphatic rings. The van der Waals surface area contributed by atoms with Crippen LogP contribution in [0, 0.1) is 0 Å². The van der Waals surface area contributed by atoms with Crippen LogP contribution in [0.15, 0.2) is 65.8 Å². The second-order valence-corrected chi connectivity index (χ2v) is 11.8. The summed E-state index contributed by atoms with van der Waals surface area (Å²) in [6.07, 6.45) is 2.70. The maximum absolute atomic E-state index is 13.3. The number of benzene rings is 2. The fourth-order valence-corrected chi connectivity index (χ4v) is 6.61. The predicted molar refractivity (Wildman–Crippen MR) is 128 cm³/mol. The number of carbonyl (C=O) groups excluding carboxylic acids is 1. The van der Waals surface area contributed by atoms with Gasteiger partial charge in [-0.05, 0) is 37.0 Å². The summed E-state index contributed by atoms with van der Waals surface area (Å²) in [6.45, 7) is 0.402. The fraction of sp³-hybridized carbons (Fsp3) is 0.375. The standard InChI is InChI=1S/C24H26N4O3S2/c29-22(27(15-18-7-3-1-4-8-18)21-13-14-33(30,31)17-21)16-32-24-25-23(19-11-12-19)28(26-24)20-9-5-2-6-10-20/h1-10,19,21H,11-17H2. The number of thioether (sulfide) groups is 1. The number of rotatable bonds is 8. The summed E-state index contributed by atoms with van der Waals surface area (Å²) in [4.78, 5) is 19.7. The summed E-state index contributed by atoms with van der Waals surface area (Å²) in [7, 11) is -3.10. The summed E-state index contributed by atoms with van der Waals surface area (Å²) in [5.41, 5.74) is 1.95. The molecule has 0 spiro atoms. The van der Waals surface area contributed by atoms with E-state index in [1.165, 1.54) is 11.8 Å². The molecule has 1 atom stereocenters. The number of amides is 1. The van der Waals surface area contributed by atoms with E-state index in [0.717, 1.165) is 29.9 Å². The average Bonchev–Trinajstić information content (AvgIpc) is 3.48. The van der Waals surface area contributed by atoms with E-state index in [2.05, 4.69) is 5.10 Å². The zero-order chi connectivity index (χ0) is 22.8. The molecule has 2 aromatic carbocycles. The molecule has 172 valence electrons. The van der Waals surface area contributed by atoms with Crippen molar-refractivity contribution in [2.75, 3.05) is 17.3 Å². The Hall–Kier alpha value is -2.65. The second-order valence-electron chi connectivity index (χ2n) is 8.63. The van der Waals surface area contributed by atoms with Crippen LogP contribution in [0.5, 0.6) is 0 Å². The molecular weight excluding hydrogens is 456 g/mol. The van der Waals surface area contributed by atoms with Crippen LogP contribution in [-0.4, -0.2) is 57.3 Å². The summed E-state index contributed by atoms with van der Waals surface area (Å²) in [5.74, 6) is 1.61. The van der Waals surface area contributed by atoms with E-state index in [-0.39, 0.29) is 29.2 Å². The minimum atomic E-state index is -3.10. The Morgan fingerprint density at radius 1 is 1.03 bits per heavy atom. The maximum Gasteiger partial charge on any atom is 0.233 e. The van der Waals surface area contributed by atoms with Crippen molar-refractivity contribution in [1.29, 1.82) is 0 Å². The van der Waals surface area contributed by atoms with Crippen molar-refractivity contribution < 1.29 is 13.2 Å². The Bertz CT molecular complexity index is 1230. The molecule has 33 heavy (non-hydrogen) atoms. The van der Waals surface area contributed by atoms with Gasteiger partial charge >= 0.3 is 0 Å². The van der Waals surface area contributed by atoms with Crippen molar-refractivity contribution in [3.63, 3.8) is 0 Å². The van der Waals surface area contributed by atoms with E-state index < -0.39 is 9.84 Å². The SMILES string of the molecule is O=C(CSc1nc(C2CC2)n(-c2ccccc2)n1)N(Cc1ccccc1)C1CCS(=O)(=O)C1. The molecule has 1 aliphatic carbocycles. The molecular formula is C24H26N4O3S2. The Kier molecular flexibility index (Phi) is 6.25. The van der Waals surface area contributed by atoms with E-state index in [1.54, 1.807) is 4.90 Å². The molecule has 7 nitrogen and oxygen atoms in total. The molecule has 0 bridgehead atoms. The topological polar surface area (TPSA) is 85.2 Å². The minimum absolute atomic E-state index is 0.0307. The van der Waals surface area contributed by atoms with E-state index in [0.29, 0.717) is 24.0 Å². The van der Waals surface area contributed by atoms with Crippen LogP contribution < -0.4 is 0 Å². The van der Waals surface area contributed by atoms with Crippen LogP contribution in [0.2, 0.25) is 0 Å². The smallest absolute Gasteiger partial charge is 0.233 e. The lowest BCUT2D eigenvalue weighted by molar-refractivity contribution is -0.130. The van der Waals surface area contributed by atoms with Gasteiger partial charge in [0.1, 0.15) is 5.82 Å². The molecule has 3 aromatic rings. The predicted octanol–water partition coefficient (Wildman–Crippen LogP) is 3.45. The monoisotopic (exact) mass is 482 g/mol. The number of aromatic nitrogens is 3. The van der Waals surface area contributed by atoms with Crippen LogP contribution in [0.4, 0.5) is 0 Å². The van der Waals surface area contributed by atoms with Crippen LogP contribution >= 0.6 is 11.8 Å². The van der Waals surface area contributed by atoms with Gasteiger partial charge in [0.15, 0.2) is 9.84 Å². The summed E-state index contributed by atoms with van der Waals surface area (Å²) in [6, 6.07) is 19.3. The van der Waals surface area contributed by atoms with E-state index in [1.807, 2.05) is 65.3 Å². The largest absolute Gasteiger partial charge is 0.334 e. The van der Waals surface area contributed by atoms with Crippen LogP contribution in [0.3, 0.4) is 0 Å². The minimum Gasteiger partial charge on any atom is -0.334 e. The Labute approximate surface area is 198 Å². The van der Waals surface area contributed by atoms with Gasteiger partial charge in [0.05, 0.1) is 22.9 Å². The van der Waals surface area contributed by atoms with Crippen LogP contribution in [-0.2, 0) is 21.2 Å². The lowest BCUT2D eigenvalue weighted by Crippen LogP contribution is -2.41. The Morgan fingerprint density at radius 3 is 2.36 bits per heavy atom. The van der Waals surface area contributed by atoms with Crippen molar-refractivity contribution in [2.45, 2.75) is 42.9 Å². The van der Waals surface area contributed by atoms with Crippen LogP contribution in [0.1, 0.15) is 36.6 Å². The molecule has 1 unspecified atom stereocenters. The number of para-hydroxylation sites is 1.